The molecule has 2 heterocycles. The summed E-state index contributed by atoms with van der Waals surface area (Å²) in [5.41, 5.74) is 11.3. The van der Waals surface area contributed by atoms with E-state index in [-0.39, 0.29) is 22.9 Å². The average Bonchev–Trinajstić information content (AvgIpc) is 2.84. The van der Waals surface area contributed by atoms with Crippen LogP contribution < -0.4 is 11.5 Å². The number of nitrogens with zero attached hydrogens (tertiary/aromatic N) is 4. The number of nitrogen functional groups attached to an aromatic ring is 2. The molecule has 0 saturated heterocycles. The largest absolute Gasteiger partial charge is 0.394 e. The van der Waals surface area contributed by atoms with Crippen molar-refractivity contribution < 1.29 is 19.3 Å². The fourth-order valence-corrected chi connectivity index (χ4v) is 2.04. The van der Waals surface area contributed by atoms with Gasteiger partial charge in [-0.15, -0.1) is 0 Å². The number of nitrogens with two attached hydrogens (primary N) is 2. The molecule has 6 N–H and O–H groups in total. The molecule has 0 aliphatic rings. The highest BCUT2D eigenvalue weighted by Gasteiger charge is 2.41. The van der Waals surface area contributed by atoms with E-state index in [4.69, 9.17) is 21.3 Å². The van der Waals surface area contributed by atoms with Crippen LogP contribution in [0.3, 0.4) is 0 Å². The van der Waals surface area contributed by atoms with Crippen LogP contribution in [0, 0.1) is 0 Å². The molecule has 0 aliphatic carbocycles. The van der Waals surface area contributed by atoms with Crippen LogP contribution >= 0.6 is 0 Å². The summed E-state index contributed by atoms with van der Waals surface area (Å²) in [4.78, 5) is 11.5. The maximum atomic E-state index is 15.0. The van der Waals surface area contributed by atoms with E-state index in [0.717, 1.165) is 17.8 Å². The number of aliphatic hydroxyl groups excluding tert-OH is 2. The Labute approximate surface area is 119 Å². The second-order valence-electron chi connectivity index (χ2n) is 4.68. The van der Waals surface area contributed by atoms with Gasteiger partial charge in [0.25, 0.3) is 0 Å². The van der Waals surface area contributed by atoms with Crippen molar-refractivity contribution in [3.05, 3.63) is 6.33 Å². The van der Waals surface area contributed by atoms with Gasteiger partial charge in [-0.3, -0.25) is 4.57 Å². The molecule has 0 aliphatic heterocycles. The van der Waals surface area contributed by atoms with Gasteiger partial charge in [-0.2, -0.15) is 9.97 Å². The third kappa shape index (κ3) is 2.48. The quantitative estimate of drug-likeness (QED) is 0.550. The van der Waals surface area contributed by atoms with Crippen molar-refractivity contribution in [1.29, 1.82) is 0 Å². The van der Waals surface area contributed by atoms with Crippen LogP contribution in [0.15, 0.2) is 6.33 Å². The third-order valence-corrected chi connectivity index (χ3v) is 3.29. The molecule has 21 heavy (non-hydrogen) atoms. The van der Waals surface area contributed by atoms with Gasteiger partial charge >= 0.3 is 0 Å². The van der Waals surface area contributed by atoms with E-state index in [0.29, 0.717) is 0 Å². The zero-order chi connectivity index (χ0) is 15.8. The van der Waals surface area contributed by atoms with Crippen molar-refractivity contribution in [1.82, 2.24) is 19.5 Å². The number of hydrogen-bond donors (Lipinski definition) is 4. The number of anilines is 2. The molecule has 2 aromatic rings. The number of aliphatic hydroxyl groups is 2. The summed E-state index contributed by atoms with van der Waals surface area (Å²) in [6.45, 7) is 0.554. The summed E-state index contributed by atoms with van der Waals surface area (Å²) in [5, 5.41) is 19.2. The Morgan fingerprint density at radius 2 is 2.14 bits per heavy atom. The Bertz CT molecular complexity index is 642. The number of hydrogen-bond acceptors (Lipinski definition) is 8. The van der Waals surface area contributed by atoms with Crippen molar-refractivity contribution >= 4 is 22.9 Å². The van der Waals surface area contributed by atoms with Crippen molar-refractivity contribution in [2.24, 2.45) is 0 Å². The molecule has 10 heteroatoms. The maximum absolute atomic E-state index is 15.0. The second-order valence-corrected chi connectivity index (χ2v) is 4.68. The van der Waals surface area contributed by atoms with Gasteiger partial charge in [0, 0.05) is 7.11 Å². The molecule has 0 spiro atoms. The van der Waals surface area contributed by atoms with Crippen molar-refractivity contribution in [3.8, 4) is 0 Å². The highest BCUT2D eigenvalue weighted by Crippen LogP contribution is 2.30. The number of imidazole rings is 1. The summed E-state index contributed by atoms with van der Waals surface area (Å²) in [6.07, 6.45) is -1.65. The highest BCUT2D eigenvalue weighted by atomic mass is 19.1. The normalized spacial score (nSPS) is 17.6. The Balaban J connectivity index is 2.54. The van der Waals surface area contributed by atoms with Crippen LogP contribution in [0.5, 0.6) is 0 Å². The Hall–Kier alpha value is -2.04. The topological polar surface area (TPSA) is 145 Å². The Kier molecular flexibility index (Phi) is 3.94. The molecule has 0 bridgehead atoms. The first-order chi connectivity index (χ1) is 9.82. The zero-order valence-electron chi connectivity index (χ0n) is 11.6. The van der Waals surface area contributed by atoms with E-state index >= 15 is 4.39 Å². The van der Waals surface area contributed by atoms with Gasteiger partial charge in [-0.05, 0) is 6.92 Å². The third-order valence-electron chi connectivity index (χ3n) is 3.29. The summed E-state index contributed by atoms with van der Waals surface area (Å²) in [7, 11) is 1.25. The van der Waals surface area contributed by atoms with Crippen LogP contribution in [-0.4, -0.2) is 55.7 Å². The lowest BCUT2D eigenvalue weighted by atomic mass is 10.0. The Morgan fingerprint density at radius 1 is 1.48 bits per heavy atom. The minimum absolute atomic E-state index is 0.00647. The smallest absolute Gasteiger partial charge is 0.224 e. The monoisotopic (exact) mass is 300 g/mol. The van der Waals surface area contributed by atoms with E-state index in [1.54, 1.807) is 0 Å². The predicted molar refractivity (Wildman–Crippen MR) is 72.8 cm³/mol. The van der Waals surface area contributed by atoms with Crippen molar-refractivity contribution in [3.63, 3.8) is 0 Å². The molecule has 2 rings (SSSR count). The Morgan fingerprint density at radius 3 is 2.71 bits per heavy atom. The fraction of sp³-hybridized carbons (Fsp3) is 0.545. The van der Waals surface area contributed by atoms with E-state index in [2.05, 4.69) is 15.0 Å². The molecular weight excluding hydrogens is 283 g/mol. The first kappa shape index (κ1) is 15.4. The zero-order valence-corrected chi connectivity index (χ0v) is 11.6. The lowest BCUT2D eigenvalue weighted by Crippen LogP contribution is -2.47. The summed E-state index contributed by atoms with van der Waals surface area (Å²) in [6, 6.07) is 0. The summed E-state index contributed by atoms with van der Waals surface area (Å²) < 4.78 is 20.8. The van der Waals surface area contributed by atoms with Crippen LogP contribution in [0.2, 0.25) is 0 Å². The molecule has 1 unspecified atom stereocenters. The number of aromatic nitrogens is 4. The molecule has 0 aromatic carbocycles. The molecule has 0 radical (unpaired) electrons. The predicted octanol–water partition coefficient (Wildman–Crippen LogP) is -0.999. The number of methoxy groups -OCH3 is 1. The lowest BCUT2D eigenvalue weighted by Gasteiger charge is -2.31. The van der Waals surface area contributed by atoms with E-state index < -0.39 is 24.6 Å². The average molecular weight is 300 g/mol. The number of alkyl halides is 1. The van der Waals surface area contributed by atoms with Gasteiger partial charge in [-0.1, -0.05) is 0 Å². The molecule has 0 amide bonds. The van der Waals surface area contributed by atoms with E-state index in [1.807, 2.05) is 0 Å². The van der Waals surface area contributed by atoms with Crippen molar-refractivity contribution in [2.45, 2.75) is 24.9 Å². The minimum Gasteiger partial charge on any atom is -0.394 e. The van der Waals surface area contributed by atoms with Gasteiger partial charge in [-0.25, -0.2) is 9.37 Å². The highest BCUT2D eigenvalue weighted by molar-refractivity contribution is 5.82. The van der Waals surface area contributed by atoms with Gasteiger partial charge in [0.1, 0.15) is 17.7 Å². The fourth-order valence-electron chi connectivity index (χ4n) is 2.04. The molecule has 0 fully saturated rings. The first-order valence-electron chi connectivity index (χ1n) is 6.10. The standard InChI is InChI=1S/C11H17FN6O3/c1-11(12,7(20)5(3-19)21-2)18-4-15-6-8(13)16-10(14)17-9(6)18/h4-5,7,19-20H,3H2,1-2H3,(H4,13,14,16,17)/t5?,7-,11+/m1/s1. The number of rotatable bonds is 5. The van der Waals surface area contributed by atoms with Crippen LogP contribution in [0.4, 0.5) is 16.2 Å². The minimum atomic E-state index is -2.36. The number of fused-ring (bicyclic) bond motifs is 1. The SMILES string of the molecule is COC(CO)[C@@H](O)[C@@](C)(F)n1cnc2c(N)nc(N)nc21. The first-order valence-corrected chi connectivity index (χ1v) is 6.10. The molecule has 116 valence electrons. The summed E-state index contributed by atoms with van der Waals surface area (Å²) in [5.74, 6) is -2.49. The van der Waals surface area contributed by atoms with E-state index in [1.165, 1.54) is 7.11 Å². The van der Waals surface area contributed by atoms with E-state index in [9.17, 15) is 5.11 Å². The number of ether oxygens (including phenoxy) is 1. The van der Waals surface area contributed by atoms with Crippen LogP contribution in [-0.2, 0) is 10.5 Å². The van der Waals surface area contributed by atoms with Gasteiger partial charge < -0.3 is 26.4 Å². The molecule has 2 aromatic heterocycles. The molecule has 9 nitrogen and oxygen atoms in total. The van der Waals surface area contributed by atoms with Crippen molar-refractivity contribution in [2.75, 3.05) is 25.2 Å². The van der Waals surface area contributed by atoms with Gasteiger partial charge in [0.15, 0.2) is 11.5 Å². The lowest BCUT2D eigenvalue weighted by molar-refractivity contribution is -0.135. The number of halogens is 1. The maximum Gasteiger partial charge on any atom is 0.224 e. The van der Waals surface area contributed by atoms with Gasteiger partial charge in [0.05, 0.1) is 12.9 Å². The van der Waals surface area contributed by atoms with Gasteiger partial charge in [0.2, 0.25) is 11.7 Å². The molecule has 0 saturated carbocycles. The van der Waals surface area contributed by atoms with Crippen LogP contribution in [0.1, 0.15) is 6.92 Å². The second kappa shape index (κ2) is 5.39. The molecule has 3 atom stereocenters. The molecular formula is C11H17FN6O3. The summed E-state index contributed by atoms with van der Waals surface area (Å²) >= 11 is 0. The van der Waals surface area contributed by atoms with Crippen LogP contribution in [0.25, 0.3) is 11.2 Å².